The van der Waals surface area contributed by atoms with Crippen molar-refractivity contribution >= 4 is 5.82 Å². The minimum atomic E-state index is 0.694. The summed E-state index contributed by atoms with van der Waals surface area (Å²) in [6.07, 6.45) is 5.68. The van der Waals surface area contributed by atoms with E-state index >= 15 is 0 Å². The zero-order valence-electron chi connectivity index (χ0n) is 13.6. The molecule has 1 N–H and O–H groups in total. The molecular formula is C17H30N4. The highest BCUT2D eigenvalue weighted by atomic mass is 15.3. The second-order valence-corrected chi connectivity index (χ2v) is 5.95. The second-order valence-electron chi connectivity index (χ2n) is 5.95. The topological polar surface area (TPSA) is 31.4 Å². The van der Waals surface area contributed by atoms with Crippen LogP contribution in [0.15, 0.2) is 24.4 Å². The van der Waals surface area contributed by atoms with Gasteiger partial charge in [0.25, 0.3) is 0 Å². The number of hydrogen-bond donors (Lipinski definition) is 1. The lowest BCUT2D eigenvalue weighted by atomic mass is 10.1. The van der Waals surface area contributed by atoms with Gasteiger partial charge in [0.15, 0.2) is 0 Å². The fourth-order valence-corrected chi connectivity index (χ4v) is 2.94. The first-order chi connectivity index (χ1) is 10.3. The Morgan fingerprint density at radius 3 is 2.67 bits per heavy atom. The van der Waals surface area contributed by atoms with Crippen LogP contribution in [-0.2, 0) is 0 Å². The third-order valence-corrected chi connectivity index (χ3v) is 4.31. The van der Waals surface area contributed by atoms with E-state index in [1.54, 1.807) is 0 Å². The maximum atomic E-state index is 4.45. The van der Waals surface area contributed by atoms with Gasteiger partial charge in [-0.25, -0.2) is 4.98 Å². The van der Waals surface area contributed by atoms with Gasteiger partial charge in [0.2, 0.25) is 0 Å². The van der Waals surface area contributed by atoms with Gasteiger partial charge in [-0.15, -0.1) is 0 Å². The van der Waals surface area contributed by atoms with E-state index in [-0.39, 0.29) is 0 Å². The van der Waals surface area contributed by atoms with Crippen LogP contribution < -0.4 is 10.2 Å². The molecule has 4 nitrogen and oxygen atoms in total. The first-order valence-electron chi connectivity index (χ1n) is 8.42. The van der Waals surface area contributed by atoms with E-state index in [4.69, 9.17) is 0 Å². The minimum absolute atomic E-state index is 0.694. The monoisotopic (exact) mass is 290 g/mol. The molecule has 2 rings (SSSR count). The van der Waals surface area contributed by atoms with Gasteiger partial charge < -0.3 is 10.2 Å². The molecule has 0 saturated carbocycles. The van der Waals surface area contributed by atoms with E-state index in [0.717, 1.165) is 45.1 Å². The van der Waals surface area contributed by atoms with Gasteiger partial charge in [0.1, 0.15) is 5.82 Å². The highest BCUT2D eigenvalue weighted by Crippen LogP contribution is 2.15. The van der Waals surface area contributed by atoms with Gasteiger partial charge in [-0.2, -0.15) is 0 Å². The lowest BCUT2D eigenvalue weighted by molar-refractivity contribution is 0.186. The molecule has 1 aliphatic heterocycles. The predicted octanol–water partition coefficient (Wildman–Crippen LogP) is 2.37. The molecule has 1 atom stereocenters. The van der Waals surface area contributed by atoms with E-state index in [9.17, 15) is 0 Å². The molecule has 1 aromatic heterocycles. The Kier molecular flexibility index (Phi) is 6.96. The molecule has 0 aliphatic carbocycles. The van der Waals surface area contributed by atoms with Crippen molar-refractivity contribution < 1.29 is 0 Å². The van der Waals surface area contributed by atoms with Gasteiger partial charge in [-0.05, 0) is 51.4 Å². The van der Waals surface area contributed by atoms with Gasteiger partial charge in [-0.3, -0.25) is 4.90 Å². The van der Waals surface area contributed by atoms with Crippen molar-refractivity contribution in [2.45, 2.75) is 39.2 Å². The molecule has 1 aliphatic rings. The summed E-state index contributed by atoms with van der Waals surface area (Å²) in [5.74, 6) is 1.12. The highest BCUT2D eigenvalue weighted by Gasteiger charge is 2.21. The molecule has 1 saturated heterocycles. The first kappa shape index (κ1) is 16.2. The number of anilines is 1. The number of piperazine rings is 1. The van der Waals surface area contributed by atoms with E-state index in [1.807, 2.05) is 12.3 Å². The number of nitrogens with one attached hydrogen (secondary N) is 1. The van der Waals surface area contributed by atoms with Gasteiger partial charge in [-0.1, -0.05) is 13.0 Å². The first-order valence-corrected chi connectivity index (χ1v) is 8.42. The highest BCUT2D eigenvalue weighted by molar-refractivity contribution is 5.38. The van der Waals surface area contributed by atoms with Crippen molar-refractivity contribution in [3.05, 3.63) is 24.4 Å². The number of pyridine rings is 1. The van der Waals surface area contributed by atoms with Crippen LogP contribution in [0.2, 0.25) is 0 Å². The molecule has 2 heterocycles. The summed E-state index contributed by atoms with van der Waals surface area (Å²) >= 11 is 0. The molecule has 4 heteroatoms. The number of nitrogens with zero attached hydrogens (tertiary/aromatic N) is 3. The molecule has 1 unspecified atom stereocenters. The van der Waals surface area contributed by atoms with Crippen molar-refractivity contribution in [1.29, 1.82) is 0 Å². The smallest absolute Gasteiger partial charge is 0.128 e. The van der Waals surface area contributed by atoms with Crippen molar-refractivity contribution in [1.82, 2.24) is 15.2 Å². The van der Waals surface area contributed by atoms with Crippen LogP contribution in [-0.4, -0.2) is 55.2 Å². The molecular weight excluding hydrogens is 260 g/mol. The van der Waals surface area contributed by atoms with Crippen LogP contribution in [0, 0.1) is 0 Å². The van der Waals surface area contributed by atoms with Gasteiger partial charge >= 0.3 is 0 Å². The molecule has 118 valence electrons. The lowest BCUT2D eigenvalue weighted by Crippen LogP contribution is -2.50. The van der Waals surface area contributed by atoms with E-state index < -0.39 is 0 Å². The molecule has 21 heavy (non-hydrogen) atoms. The SMILES string of the molecule is CCCNCCCC(C)N1CCN(c2ccccn2)CC1. The molecule has 1 aromatic rings. The summed E-state index contributed by atoms with van der Waals surface area (Å²) in [6, 6.07) is 6.85. The van der Waals surface area contributed by atoms with E-state index in [0.29, 0.717) is 6.04 Å². The van der Waals surface area contributed by atoms with Crippen molar-refractivity contribution in [2.75, 3.05) is 44.2 Å². The fourth-order valence-electron chi connectivity index (χ4n) is 2.94. The summed E-state index contributed by atoms with van der Waals surface area (Å²) < 4.78 is 0. The van der Waals surface area contributed by atoms with Crippen molar-refractivity contribution in [2.24, 2.45) is 0 Å². The van der Waals surface area contributed by atoms with E-state index in [2.05, 4.69) is 46.1 Å². The number of aromatic nitrogens is 1. The van der Waals surface area contributed by atoms with Crippen LogP contribution in [0.1, 0.15) is 33.1 Å². The second kappa shape index (κ2) is 9.00. The van der Waals surface area contributed by atoms with Crippen LogP contribution in [0.25, 0.3) is 0 Å². The Morgan fingerprint density at radius 2 is 2.00 bits per heavy atom. The standard InChI is InChI=1S/C17H30N4/c1-3-9-18-10-6-7-16(2)20-12-14-21(15-13-20)17-8-4-5-11-19-17/h4-5,8,11,16,18H,3,6-7,9-10,12-15H2,1-2H3. The Hall–Kier alpha value is -1.13. The third kappa shape index (κ3) is 5.29. The quantitative estimate of drug-likeness (QED) is 0.745. The van der Waals surface area contributed by atoms with Crippen LogP contribution >= 0.6 is 0 Å². The van der Waals surface area contributed by atoms with Gasteiger partial charge in [0, 0.05) is 38.4 Å². The normalized spacial score (nSPS) is 17.9. The maximum Gasteiger partial charge on any atom is 0.128 e. The summed E-state index contributed by atoms with van der Waals surface area (Å²) in [7, 11) is 0. The Balaban J connectivity index is 1.66. The average Bonchev–Trinajstić information content (AvgIpc) is 2.55. The molecule has 0 radical (unpaired) electrons. The molecule has 0 amide bonds. The summed E-state index contributed by atoms with van der Waals surface area (Å²) in [5.41, 5.74) is 0. The third-order valence-electron chi connectivity index (χ3n) is 4.31. The zero-order chi connectivity index (χ0) is 14.9. The number of hydrogen-bond acceptors (Lipinski definition) is 4. The summed E-state index contributed by atoms with van der Waals surface area (Å²) in [4.78, 5) is 9.47. The largest absolute Gasteiger partial charge is 0.354 e. The van der Waals surface area contributed by atoms with Gasteiger partial charge in [0.05, 0.1) is 0 Å². The minimum Gasteiger partial charge on any atom is -0.354 e. The average molecular weight is 290 g/mol. The zero-order valence-corrected chi connectivity index (χ0v) is 13.6. The molecule has 0 aromatic carbocycles. The fraction of sp³-hybridized carbons (Fsp3) is 0.706. The van der Waals surface area contributed by atoms with E-state index in [1.165, 1.54) is 19.3 Å². The maximum absolute atomic E-state index is 4.45. The van der Waals surface area contributed by atoms with Crippen LogP contribution in [0.3, 0.4) is 0 Å². The Bertz CT molecular complexity index is 374. The van der Waals surface area contributed by atoms with Crippen LogP contribution in [0.5, 0.6) is 0 Å². The molecule has 1 fully saturated rings. The Morgan fingerprint density at radius 1 is 1.19 bits per heavy atom. The Labute approximate surface area is 129 Å². The van der Waals surface area contributed by atoms with Crippen molar-refractivity contribution in [3.63, 3.8) is 0 Å². The molecule has 0 spiro atoms. The number of rotatable bonds is 8. The molecule has 0 bridgehead atoms. The summed E-state index contributed by atoms with van der Waals surface area (Å²) in [6.45, 7) is 11.4. The van der Waals surface area contributed by atoms with Crippen LogP contribution in [0.4, 0.5) is 5.82 Å². The predicted molar refractivity (Wildman–Crippen MR) is 89.9 cm³/mol. The summed E-state index contributed by atoms with van der Waals surface area (Å²) in [5, 5.41) is 3.49. The van der Waals surface area contributed by atoms with Crippen molar-refractivity contribution in [3.8, 4) is 0 Å². The lowest BCUT2D eigenvalue weighted by Gasteiger charge is -2.38.